The molecule has 0 bridgehead atoms. The Hall–Kier alpha value is -3.60. The van der Waals surface area contributed by atoms with Crippen molar-refractivity contribution in [1.29, 1.82) is 0 Å². The van der Waals surface area contributed by atoms with Gasteiger partial charge in [-0.1, -0.05) is 81.8 Å². The Bertz CT molecular complexity index is 1300. The molecule has 11 heteroatoms. The molecule has 5 N–H and O–H groups in total. The highest BCUT2D eigenvalue weighted by Crippen LogP contribution is 2.20. The fraction of sp³-hybridized carbons (Fsp3) is 0.605. The fourth-order valence-electron chi connectivity index (χ4n) is 3.80. The van der Waals surface area contributed by atoms with Crippen LogP contribution < -0.4 is 21.7 Å². The third-order valence-corrected chi connectivity index (χ3v) is 8.62. The number of hydrogen-bond donors (Lipinski definition) is 4. The number of likely N-dealkylation sites (N-methyl/N-ethyl adjacent to an activating group) is 1. The van der Waals surface area contributed by atoms with Crippen LogP contribution in [0.2, 0.25) is 4.78 Å². The van der Waals surface area contributed by atoms with Crippen LogP contribution in [0.4, 0.5) is 5.69 Å². The van der Waals surface area contributed by atoms with Crippen LogP contribution in [0.3, 0.4) is 0 Å². The summed E-state index contributed by atoms with van der Waals surface area (Å²) >= 11 is 0.325. The van der Waals surface area contributed by atoms with E-state index in [-0.39, 0.29) is 24.3 Å². The van der Waals surface area contributed by atoms with Crippen LogP contribution in [-0.4, -0.2) is 74.8 Å². The number of allylic oxidation sites excluding steroid dienone is 1. The summed E-state index contributed by atoms with van der Waals surface area (Å²) in [5.74, 6) is 4.81. The largest absolute Gasteiger partial charge is 0.368 e. The van der Waals surface area contributed by atoms with E-state index in [9.17, 15) is 24.0 Å². The fourth-order valence-corrected chi connectivity index (χ4v) is 4.93. The highest BCUT2D eigenvalue weighted by molar-refractivity contribution is 6.36. The molecule has 10 nitrogen and oxygen atoms in total. The van der Waals surface area contributed by atoms with Gasteiger partial charge >= 0.3 is 0 Å². The van der Waals surface area contributed by atoms with Gasteiger partial charge < -0.3 is 26.6 Å². The molecule has 0 saturated carbocycles. The molecule has 49 heavy (non-hydrogen) atoms. The van der Waals surface area contributed by atoms with E-state index in [0.717, 1.165) is 17.3 Å². The molecule has 1 rings (SSSR count). The van der Waals surface area contributed by atoms with Crippen LogP contribution in [0, 0.1) is 17.8 Å². The molecular formula is C38H63AlN5O5. The first-order chi connectivity index (χ1) is 22.7. The van der Waals surface area contributed by atoms with Gasteiger partial charge in [0.1, 0.15) is 11.6 Å². The molecule has 0 saturated heterocycles. The molecule has 0 aliphatic rings. The number of nitrogens with two attached hydrogens (primary N) is 1. The number of carbonyl (C=O) groups is 5. The molecule has 1 atom stereocenters. The Kier molecular flexibility index (Phi) is 24.6. The molecular weight excluding hydrogens is 633 g/mol. The first kappa shape index (κ1) is 47.5. The lowest BCUT2D eigenvalue weighted by atomic mass is 10.0. The Morgan fingerprint density at radius 2 is 1.59 bits per heavy atom. The second kappa shape index (κ2) is 25.4. The predicted molar refractivity (Wildman–Crippen MR) is 203 cm³/mol. The minimum atomic E-state index is -0.897. The van der Waals surface area contributed by atoms with Crippen LogP contribution >= 0.6 is 0 Å². The van der Waals surface area contributed by atoms with Crippen molar-refractivity contribution in [3.05, 3.63) is 41.5 Å². The molecule has 0 aliphatic heterocycles. The molecule has 1 radical (unpaired) electrons. The number of amides is 5. The molecule has 5 amide bonds. The summed E-state index contributed by atoms with van der Waals surface area (Å²) in [4.78, 5) is 59.6. The lowest BCUT2D eigenvalue weighted by Gasteiger charge is -2.31. The molecule has 1 unspecified atom stereocenters. The number of primary amides is 1. The van der Waals surface area contributed by atoms with Gasteiger partial charge in [0.15, 0.2) is 0 Å². The van der Waals surface area contributed by atoms with Crippen LogP contribution in [0.15, 0.2) is 30.4 Å². The van der Waals surface area contributed by atoms with Gasteiger partial charge in [0.2, 0.25) is 44.8 Å². The van der Waals surface area contributed by atoms with E-state index in [2.05, 4.69) is 68.1 Å². The zero-order chi connectivity index (χ0) is 38.3. The van der Waals surface area contributed by atoms with Gasteiger partial charge in [-0.25, -0.2) is 0 Å². The average Bonchev–Trinajstić information content (AvgIpc) is 2.99. The lowest BCUT2D eigenvalue weighted by Crippen LogP contribution is -2.53. The van der Waals surface area contributed by atoms with Crippen LogP contribution in [0.5, 0.6) is 0 Å². The monoisotopic (exact) mass is 696 g/mol. The van der Waals surface area contributed by atoms with Crippen molar-refractivity contribution in [3.8, 4) is 11.8 Å². The van der Waals surface area contributed by atoms with E-state index in [1.54, 1.807) is 27.8 Å². The second-order valence-corrected chi connectivity index (χ2v) is 15.6. The third kappa shape index (κ3) is 22.6. The van der Waals surface area contributed by atoms with E-state index in [0.29, 0.717) is 50.9 Å². The standard InChI is InChI=1S/C25H34N3O3.C7H14N2O2.C3H8.C3H7.Al/c1-17(2)10-8-7-9-11-23(29)26-16-24(30)27-20(6)25(31)28-22-13-12-19(5)21(15-22)14-18(3)4;1-5(10)9(4)7(2,3)6(8)11;2*1-3-2;/h12-13,15,17,20H,3,5,7,9,11,14,16H2,1-2,4,6H3,(H,26,29)(H,27,30)(H,28,31);1-4H3,(H2,8,11);3H2,1-2H3;3H,1-2H3;. The number of rotatable bonds is 15. The van der Waals surface area contributed by atoms with Crippen molar-refractivity contribution in [2.24, 2.45) is 11.7 Å². The quantitative estimate of drug-likeness (QED) is 0.0842. The topological polar surface area (TPSA) is 151 Å². The molecule has 0 aliphatic carbocycles. The highest BCUT2D eigenvalue weighted by atomic mass is 27.1. The first-order valence-corrected chi connectivity index (χ1v) is 18.7. The third-order valence-electron chi connectivity index (χ3n) is 7.00. The average molecular weight is 697 g/mol. The number of unbranched alkanes of at least 4 members (excludes halogenated alkanes) is 1. The number of nitrogens with zero attached hydrogens (tertiary/aromatic N) is 1. The van der Waals surface area contributed by atoms with Gasteiger partial charge in [0.05, 0.1) is 6.54 Å². The number of nitrogens with one attached hydrogen (secondary N) is 3. The summed E-state index contributed by atoms with van der Waals surface area (Å²) in [6, 6.07) is 5.26. The van der Waals surface area contributed by atoms with Crippen LogP contribution in [0.1, 0.15) is 113 Å². The number of carbonyl (C=O) groups excluding carboxylic acids is 5. The van der Waals surface area contributed by atoms with E-state index in [1.807, 2.05) is 32.9 Å². The predicted octanol–water partition coefficient (Wildman–Crippen LogP) is 5.37. The van der Waals surface area contributed by atoms with Crippen molar-refractivity contribution in [3.63, 3.8) is 0 Å². The summed E-state index contributed by atoms with van der Waals surface area (Å²) in [7, 11) is 1.55. The van der Waals surface area contributed by atoms with Crippen LogP contribution in [0.25, 0.3) is 0 Å². The molecule has 0 spiro atoms. The Labute approximate surface area is 302 Å². The molecule has 0 fully saturated rings. The molecule has 0 heterocycles. The van der Waals surface area contributed by atoms with Gasteiger partial charge in [-0.3, -0.25) is 24.0 Å². The van der Waals surface area contributed by atoms with Gasteiger partial charge in [-0.15, -0.1) is 11.8 Å². The van der Waals surface area contributed by atoms with Crippen molar-refractivity contribution >= 4 is 50.4 Å². The lowest BCUT2D eigenvalue weighted by molar-refractivity contribution is -0.140. The molecule has 1 aromatic rings. The SMILES string of the molecule is C=C(C)Cc1cc(NC(=O)C(C)NC(=O)CNC(=O)CCCC#CC(C)C)ccc1[CH2][Al][CH](C)C.CC(=O)N(C)C(C)(C)C(N)=O.CCC. The van der Waals surface area contributed by atoms with E-state index in [4.69, 9.17) is 5.73 Å². The summed E-state index contributed by atoms with van der Waals surface area (Å²) in [5.41, 5.74) is 8.43. The van der Waals surface area contributed by atoms with E-state index < -0.39 is 23.4 Å². The van der Waals surface area contributed by atoms with Crippen molar-refractivity contribution in [2.45, 2.75) is 130 Å². The van der Waals surface area contributed by atoms with Gasteiger partial charge in [0.25, 0.3) is 0 Å². The van der Waals surface area contributed by atoms with Crippen molar-refractivity contribution in [2.75, 3.05) is 18.9 Å². The maximum atomic E-state index is 12.6. The Balaban J connectivity index is 0. The van der Waals surface area contributed by atoms with Gasteiger partial charge in [-0.05, 0) is 58.2 Å². The zero-order valence-electron chi connectivity index (χ0n) is 32.3. The Morgan fingerprint density at radius 3 is 2.06 bits per heavy atom. The maximum Gasteiger partial charge on any atom is 0.246 e. The summed E-state index contributed by atoms with van der Waals surface area (Å²) < 4.78 is 0.699. The number of benzene rings is 1. The maximum absolute atomic E-state index is 12.6. The molecule has 0 aromatic heterocycles. The first-order valence-electron chi connectivity index (χ1n) is 17.2. The highest BCUT2D eigenvalue weighted by Gasteiger charge is 2.31. The molecule has 273 valence electrons. The van der Waals surface area contributed by atoms with Crippen molar-refractivity contribution < 1.29 is 24.0 Å². The smallest absolute Gasteiger partial charge is 0.246 e. The number of hydrogen-bond acceptors (Lipinski definition) is 5. The summed E-state index contributed by atoms with van der Waals surface area (Å²) in [6.07, 6.45) is 3.64. The van der Waals surface area contributed by atoms with Gasteiger partial charge in [-0.2, -0.15) is 0 Å². The minimum Gasteiger partial charge on any atom is -0.368 e. The normalized spacial score (nSPS) is 10.9. The van der Waals surface area contributed by atoms with E-state index in [1.165, 1.54) is 29.4 Å². The van der Waals surface area contributed by atoms with Crippen molar-refractivity contribution in [1.82, 2.24) is 15.5 Å². The summed E-state index contributed by atoms with van der Waals surface area (Å²) in [5, 5.41) is 9.18. The summed E-state index contributed by atoms with van der Waals surface area (Å²) in [6.45, 7) is 24.9. The van der Waals surface area contributed by atoms with Gasteiger partial charge in [0, 0.05) is 38.4 Å². The zero-order valence-corrected chi connectivity index (χ0v) is 33.4. The molecule has 1 aromatic carbocycles. The second-order valence-electron chi connectivity index (χ2n) is 13.4. The minimum absolute atomic E-state index is 0.163. The van der Waals surface area contributed by atoms with Crippen LogP contribution in [-0.2, 0) is 35.7 Å². The van der Waals surface area contributed by atoms with E-state index >= 15 is 0 Å². The number of anilines is 1. The Morgan fingerprint density at radius 1 is 1.00 bits per heavy atom.